The van der Waals surface area contributed by atoms with Crippen LogP contribution in [0.1, 0.15) is 17.3 Å². The van der Waals surface area contributed by atoms with E-state index in [2.05, 4.69) is 26.3 Å². The Morgan fingerprint density at radius 1 is 1.11 bits per heavy atom. The van der Waals surface area contributed by atoms with Gasteiger partial charge in [0.25, 0.3) is 5.91 Å². The third-order valence-electron chi connectivity index (χ3n) is 4.34. The summed E-state index contributed by atoms with van der Waals surface area (Å²) < 4.78 is 2.63. The number of fused-ring (bicyclic) bond motifs is 1. The molecule has 0 atom stereocenters. The highest BCUT2D eigenvalue weighted by Crippen LogP contribution is 2.27. The molecule has 2 aromatic heterocycles. The summed E-state index contributed by atoms with van der Waals surface area (Å²) in [4.78, 5) is 17.8. The molecule has 0 unspecified atom stereocenters. The number of hydrogen-bond acceptors (Lipinski definition) is 3. The third-order valence-corrected chi connectivity index (χ3v) is 5.04. The molecular formula is C21H17BrN4O. The van der Waals surface area contributed by atoms with Gasteiger partial charge in [0.1, 0.15) is 0 Å². The summed E-state index contributed by atoms with van der Waals surface area (Å²) in [6.07, 6.45) is 1.70. The lowest BCUT2D eigenvalue weighted by Crippen LogP contribution is -2.13. The topological polar surface area (TPSA) is 59.8 Å². The fourth-order valence-corrected chi connectivity index (χ4v) is 3.36. The molecule has 0 spiro atoms. The van der Waals surface area contributed by atoms with Crippen molar-refractivity contribution in [2.45, 2.75) is 13.5 Å². The number of carbonyl (C=O) groups is 1. The van der Waals surface area contributed by atoms with Crippen LogP contribution in [0.25, 0.3) is 22.3 Å². The monoisotopic (exact) mass is 420 g/mol. The number of anilines is 1. The molecule has 2 heterocycles. The molecule has 6 heteroatoms. The quantitative estimate of drug-likeness (QED) is 0.497. The summed E-state index contributed by atoms with van der Waals surface area (Å²) in [6.45, 7) is 2.68. The Morgan fingerprint density at radius 2 is 1.85 bits per heavy atom. The number of aryl methyl sites for hydroxylation is 1. The molecule has 0 fully saturated rings. The lowest BCUT2D eigenvalue weighted by atomic mass is 10.1. The molecule has 0 bridgehead atoms. The molecule has 5 nitrogen and oxygen atoms in total. The first-order valence-electron chi connectivity index (χ1n) is 8.65. The predicted octanol–water partition coefficient (Wildman–Crippen LogP) is 5.13. The molecule has 2 aromatic carbocycles. The minimum atomic E-state index is -0.192. The SMILES string of the molecule is CCn1ncc2c(C(=O)Nc3ccccc3Br)cc(-c3ccccc3)nc21. The lowest BCUT2D eigenvalue weighted by Gasteiger charge is -2.10. The van der Waals surface area contributed by atoms with Gasteiger partial charge in [0.05, 0.1) is 28.5 Å². The van der Waals surface area contributed by atoms with Crippen LogP contribution >= 0.6 is 15.9 Å². The predicted molar refractivity (Wildman–Crippen MR) is 111 cm³/mol. The highest BCUT2D eigenvalue weighted by atomic mass is 79.9. The van der Waals surface area contributed by atoms with Crippen molar-refractivity contribution in [1.29, 1.82) is 0 Å². The lowest BCUT2D eigenvalue weighted by molar-refractivity contribution is 0.102. The molecule has 4 rings (SSSR count). The van der Waals surface area contributed by atoms with Crippen molar-refractivity contribution < 1.29 is 4.79 Å². The number of pyridine rings is 1. The van der Waals surface area contributed by atoms with Gasteiger partial charge in [0.15, 0.2) is 5.65 Å². The number of carbonyl (C=O) groups excluding carboxylic acids is 1. The van der Waals surface area contributed by atoms with Crippen LogP contribution in [0.3, 0.4) is 0 Å². The number of halogens is 1. The molecule has 0 aliphatic heterocycles. The van der Waals surface area contributed by atoms with Crippen molar-refractivity contribution in [2.24, 2.45) is 0 Å². The Morgan fingerprint density at radius 3 is 2.59 bits per heavy atom. The van der Waals surface area contributed by atoms with Gasteiger partial charge in [-0.1, -0.05) is 42.5 Å². The summed E-state index contributed by atoms with van der Waals surface area (Å²) in [5, 5.41) is 8.09. The van der Waals surface area contributed by atoms with Crippen molar-refractivity contribution in [3.8, 4) is 11.3 Å². The van der Waals surface area contributed by atoms with Gasteiger partial charge in [-0.25, -0.2) is 9.67 Å². The number of hydrogen-bond donors (Lipinski definition) is 1. The Labute approximate surface area is 165 Å². The van der Waals surface area contributed by atoms with Crippen molar-refractivity contribution in [3.63, 3.8) is 0 Å². The van der Waals surface area contributed by atoms with Gasteiger partial charge in [0, 0.05) is 16.6 Å². The van der Waals surface area contributed by atoms with E-state index in [0.29, 0.717) is 17.8 Å². The van der Waals surface area contributed by atoms with Crippen LogP contribution < -0.4 is 5.32 Å². The molecule has 1 N–H and O–H groups in total. The number of rotatable bonds is 4. The van der Waals surface area contributed by atoms with Crippen LogP contribution in [0.5, 0.6) is 0 Å². The molecule has 1 amide bonds. The van der Waals surface area contributed by atoms with Crippen molar-refractivity contribution >= 4 is 38.6 Å². The summed E-state index contributed by atoms with van der Waals surface area (Å²) in [7, 11) is 0. The Hall–Kier alpha value is -2.99. The van der Waals surface area contributed by atoms with Crippen LogP contribution in [0.4, 0.5) is 5.69 Å². The first-order chi connectivity index (χ1) is 13.2. The fraction of sp³-hybridized carbons (Fsp3) is 0.0952. The highest BCUT2D eigenvalue weighted by molar-refractivity contribution is 9.10. The fourth-order valence-electron chi connectivity index (χ4n) is 2.98. The second-order valence-corrected chi connectivity index (χ2v) is 6.91. The molecule has 0 saturated carbocycles. The van der Waals surface area contributed by atoms with Crippen LogP contribution in [0.2, 0.25) is 0 Å². The van der Waals surface area contributed by atoms with Crippen molar-refractivity contribution in [2.75, 3.05) is 5.32 Å². The number of aromatic nitrogens is 3. The summed E-state index contributed by atoms with van der Waals surface area (Å²) >= 11 is 3.47. The summed E-state index contributed by atoms with van der Waals surface area (Å²) in [6, 6.07) is 19.2. The minimum absolute atomic E-state index is 0.192. The molecule has 0 aliphatic rings. The average molecular weight is 421 g/mol. The zero-order valence-corrected chi connectivity index (χ0v) is 16.3. The van der Waals surface area contributed by atoms with E-state index in [1.54, 1.807) is 10.9 Å². The molecule has 0 aliphatic carbocycles. The van der Waals surface area contributed by atoms with E-state index < -0.39 is 0 Å². The number of para-hydroxylation sites is 1. The standard InChI is InChI=1S/C21H17BrN4O/c1-2-26-20-16(13-23-26)15(12-19(24-20)14-8-4-3-5-9-14)21(27)25-18-11-7-6-10-17(18)22/h3-13H,2H2,1H3,(H,25,27). The molecule has 27 heavy (non-hydrogen) atoms. The molecule has 134 valence electrons. The maximum absolute atomic E-state index is 13.1. The van der Waals surface area contributed by atoms with Crippen molar-refractivity contribution in [1.82, 2.24) is 14.8 Å². The van der Waals surface area contributed by atoms with Gasteiger partial charge < -0.3 is 5.32 Å². The van der Waals surface area contributed by atoms with E-state index in [-0.39, 0.29) is 5.91 Å². The van der Waals surface area contributed by atoms with Gasteiger partial charge in [-0.05, 0) is 41.1 Å². The van der Waals surface area contributed by atoms with Crippen LogP contribution in [-0.4, -0.2) is 20.7 Å². The van der Waals surface area contributed by atoms with Gasteiger partial charge in [-0.3, -0.25) is 4.79 Å². The van der Waals surface area contributed by atoms with Crippen LogP contribution in [0, 0.1) is 0 Å². The maximum atomic E-state index is 13.1. The smallest absolute Gasteiger partial charge is 0.256 e. The highest BCUT2D eigenvalue weighted by Gasteiger charge is 2.18. The van der Waals surface area contributed by atoms with E-state index in [9.17, 15) is 4.79 Å². The first kappa shape index (κ1) is 17.4. The van der Waals surface area contributed by atoms with Gasteiger partial charge >= 0.3 is 0 Å². The summed E-state index contributed by atoms with van der Waals surface area (Å²) in [5.41, 5.74) is 3.68. The Kier molecular flexibility index (Phi) is 4.73. The number of nitrogens with one attached hydrogen (secondary N) is 1. The minimum Gasteiger partial charge on any atom is -0.321 e. The first-order valence-corrected chi connectivity index (χ1v) is 9.44. The average Bonchev–Trinajstić information content (AvgIpc) is 3.12. The normalized spacial score (nSPS) is 10.9. The van der Waals surface area contributed by atoms with Crippen LogP contribution in [-0.2, 0) is 6.54 Å². The van der Waals surface area contributed by atoms with E-state index in [4.69, 9.17) is 4.98 Å². The van der Waals surface area contributed by atoms with E-state index >= 15 is 0 Å². The molecule has 0 radical (unpaired) electrons. The van der Waals surface area contributed by atoms with Crippen LogP contribution in [0.15, 0.2) is 71.3 Å². The zero-order chi connectivity index (χ0) is 18.8. The summed E-state index contributed by atoms with van der Waals surface area (Å²) in [5.74, 6) is -0.192. The van der Waals surface area contributed by atoms with E-state index in [1.807, 2.05) is 67.6 Å². The van der Waals surface area contributed by atoms with Gasteiger partial charge in [0.2, 0.25) is 0 Å². The second-order valence-electron chi connectivity index (χ2n) is 6.05. The zero-order valence-electron chi connectivity index (χ0n) is 14.7. The second kappa shape index (κ2) is 7.32. The Bertz CT molecular complexity index is 1120. The molecule has 0 saturated heterocycles. The van der Waals surface area contributed by atoms with E-state index in [0.717, 1.165) is 26.8 Å². The maximum Gasteiger partial charge on any atom is 0.256 e. The largest absolute Gasteiger partial charge is 0.321 e. The Balaban J connectivity index is 1.84. The number of benzene rings is 2. The van der Waals surface area contributed by atoms with Crippen molar-refractivity contribution in [3.05, 3.63) is 76.9 Å². The molecular weight excluding hydrogens is 404 g/mol. The third kappa shape index (κ3) is 3.36. The van der Waals surface area contributed by atoms with Gasteiger partial charge in [-0.15, -0.1) is 0 Å². The van der Waals surface area contributed by atoms with Gasteiger partial charge in [-0.2, -0.15) is 5.10 Å². The number of amides is 1. The number of nitrogens with zero attached hydrogens (tertiary/aromatic N) is 3. The molecule has 4 aromatic rings. The van der Waals surface area contributed by atoms with E-state index in [1.165, 1.54) is 0 Å².